The first kappa shape index (κ1) is 17.3. The molecule has 1 aliphatic carbocycles. The fourth-order valence-corrected chi connectivity index (χ4v) is 1.65. The molecule has 0 aromatic rings. The molecule has 1 aliphatic rings. The van der Waals surface area contributed by atoms with Crippen molar-refractivity contribution in [3.63, 3.8) is 0 Å². The molecule has 108 valence electrons. The molecule has 0 aliphatic heterocycles. The van der Waals surface area contributed by atoms with Gasteiger partial charge in [0.05, 0.1) is 0 Å². The lowest BCUT2D eigenvalue weighted by atomic mass is 9.82. The Morgan fingerprint density at radius 3 is 1.95 bits per heavy atom. The summed E-state index contributed by atoms with van der Waals surface area (Å²) < 4.78 is 0. The highest BCUT2D eigenvalue weighted by atomic mass is 16.4. The monoisotopic (exact) mass is 271 g/mol. The van der Waals surface area contributed by atoms with Crippen LogP contribution in [0.15, 0.2) is 0 Å². The van der Waals surface area contributed by atoms with Crippen molar-refractivity contribution in [3.05, 3.63) is 0 Å². The zero-order chi connectivity index (χ0) is 15.0. The Hall–Kier alpha value is -1.72. The van der Waals surface area contributed by atoms with Crippen molar-refractivity contribution in [1.29, 1.82) is 0 Å². The van der Waals surface area contributed by atoms with Crippen LogP contribution >= 0.6 is 0 Å². The lowest BCUT2D eigenvalue weighted by Gasteiger charge is -2.17. The van der Waals surface area contributed by atoms with Crippen molar-refractivity contribution in [2.75, 3.05) is 14.1 Å². The van der Waals surface area contributed by atoms with Gasteiger partial charge in [0, 0.05) is 33.4 Å². The zero-order valence-electron chi connectivity index (χ0n) is 11.6. The number of ketones is 3. The number of amides is 1. The van der Waals surface area contributed by atoms with E-state index in [9.17, 15) is 19.2 Å². The number of hydrogen-bond acceptors (Lipinski definition) is 4. The van der Waals surface area contributed by atoms with Crippen molar-refractivity contribution in [2.45, 2.75) is 39.0 Å². The number of carbonyl (C=O) groups is 4. The van der Waals surface area contributed by atoms with E-state index in [1.807, 2.05) is 6.92 Å². The minimum atomic E-state index is -0.909. The van der Waals surface area contributed by atoms with Gasteiger partial charge in [-0.1, -0.05) is 6.92 Å². The standard InChI is InChI=1S/C10H14O3.C3H7NO2/c1-2-4-7(11)10-8(12)5-3-6-9(10)13;1-4(2)3(5)6/h10H,2-6H2,1H3;1-2H3,(H,5,6). The van der Waals surface area contributed by atoms with E-state index in [2.05, 4.69) is 0 Å². The minimum absolute atomic E-state index is 0.172. The van der Waals surface area contributed by atoms with Crippen LogP contribution in [0.2, 0.25) is 0 Å². The van der Waals surface area contributed by atoms with E-state index >= 15 is 0 Å². The maximum atomic E-state index is 11.4. The minimum Gasteiger partial charge on any atom is -0.465 e. The smallest absolute Gasteiger partial charge is 0.406 e. The van der Waals surface area contributed by atoms with Gasteiger partial charge in [-0.25, -0.2) is 4.79 Å². The second-order valence-electron chi connectivity index (χ2n) is 4.61. The molecular formula is C13H21NO5. The summed E-state index contributed by atoms with van der Waals surface area (Å²) in [5.41, 5.74) is 0. The van der Waals surface area contributed by atoms with Gasteiger partial charge in [0.25, 0.3) is 0 Å². The van der Waals surface area contributed by atoms with Crippen molar-refractivity contribution >= 4 is 23.4 Å². The number of carbonyl (C=O) groups excluding carboxylic acids is 3. The average molecular weight is 271 g/mol. The van der Waals surface area contributed by atoms with Crippen LogP contribution in [-0.2, 0) is 14.4 Å². The molecule has 6 heteroatoms. The number of Topliss-reactive ketones (excluding diaryl/α,β-unsaturated/α-hetero) is 3. The molecule has 0 spiro atoms. The summed E-state index contributed by atoms with van der Waals surface area (Å²) in [6.45, 7) is 1.87. The third-order valence-electron chi connectivity index (χ3n) is 2.69. The molecule has 0 aromatic heterocycles. The van der Waals surface area contributed by atoms with E-state index in [1.54, 1.807) is 0 Å². The molecule has 1 fully saturated rings. The Kier molecular flexibility index (Phi) is 7.63. The lowest BCUT2D eigenvalue weighted by Crippen LogP contribution is -2.35. The molecule has 19 heavy (non-hydrogen) atoms. The highest BCUT2D eigenvalue weighted by Gasteiger charge is 2.34. The predicted octanol–water partition coefficient (Wildman–Crippen LogP) is 1.52. The largest absolute Gasteiger partial charge is 0.465 e. The van der Waals surface area contributed by atoms with Gasteiger partial charge in [0.2, 0.25) is 0 Å². The van der Waals surface area contributed by atoms with E-state index in [0.717, 1.165) is 4.90 Å². The second kappa shape index (κ2) is 8.39. The Morgan fingerprint density at radius 2 is 1.63 bits per heavy atom. The highest BCUT2D eigenvalue weighted by molar-refractivity contribution is 6.20. The highest BCUT2D eigenvalue weighted by Crippen LogP contribution is 2.19. The van der Waals surface area contributed by atoms with Gasteiger partial charge >= 0.3 is 6.09 Å². The second-order valence-corrected chi connectivity index (χ2v) is 4.61. The molecule has 0 aromatic carbocycles. The van der Waals surface area contributed by atoms with Gasteiger partial charge in [0.1, 0.15) is 5.92 Å². The van der Waals surface area contributed by atoms with E-state index in [-0.39, 0.29) is 17.3 Å². The fraction of sp³-hybridized carbons (Fsp3) is 0.692. The zero-order valence-corrected chi connectivity index (χ0v) is 11.6. The molecule has 0 heterocycles. The molecule has 1 N–H and O–H groups in total. The summed E-state index contributed by atoms with van der Waals surface area (Å²) in [6, 6.07) is 0. The van der Waals surface area contributed by atoms with E-state index < -0.39 is 12.0 Å². The van der Waals surface area contributed by atoms with Crippen LogP contribution in [0.5, 0.6) is 0 Å². The maximum Gasteiger partial charge on any atom is 0.406 e. The van der Waals surface area contributed by atoms with Gasteiger partial charge in [0.15, 0.2) is 17.3 Å². The third-order valence-corrected chi connectivity index (χ3v) is 2.69. The number of hydrogen-bond donors (Lipinski definition) is 1. The van der Waals surface area contributed by atoms with Gasteiger partial charge in [-0.2, -0.15) is 0 Å². The van der Waals surface area contributed by atoms with Crippen molar-refractivity contribution in [1.82, 2.24) is 4.90 Å². The van der Waals surface area contributed by atoms with Crippen molar-refractivity contribution < 1.29 is 24.3 Å². The maximum absolute atomic E-state index is 11.4. The molecule has 1 amide bonds. The summed E-state index contributed by atoms with van der Waals surface area (Å²) in [7, 11) is 2.95. The van der Waals surface area contributed by atoms with E-state index in [0.29, 0.717) is 32.1 Å². The topological polar surface area (TPSA) is 91.8 Å². The number of nitrogens with zero attached hydrogens (tertiary/aromatic N) is 1. The fourth-order valence-electron chi connectivity index (χ4n) is 1.65. The Labute approximate surface area is 112 Å². The quantitative estimate of drug-likeness (QED) is 0.786. The van der Waals surface area contributed by atoms with Crippen LogP contribution in [0.1, 0.15) is 39.0 Å². The average Bonchev–Trinajstić information content (AvgIpc) is 2.29. The van der Waals surface area contributed by atoms with Crippen LogP contribution < -0.4 is 0 Å². The molecule has 0 radical (unpaired) electrons. The molecule has 6 nitrogen and oxygen atoms in total. The third kappa shape index (κ3) is 6.13. The van der Waals surface area contributed by atoms with Crippen LogP contribution in [-0.4, -0.2) is 47.5 Å². The van der Waals surface area contributed by atoms with Gasteiger partial charge < -0.3 is 10.0 Å². The summed E-state index contributed by atoms with van der Waals surface area (Å²) in [6.07, 6.45) is 1.55. The SMILES string of the molecule is CCCC(=O)C1C(=O)CCCC1=O.CN(C)C(=O)O. The summed E-state index contributed by atoms with van der Waals surface area (Å²) in [5, 5.41) is 7.92. The van der Waals surface area contributed by atoms with Gasteiger partial charge in [-0.3, -0.25) is 14.4 Å². The summed E-state index contributed by atoms with van der Waals surface area (Å²) in [4.78, 5) is 44.6. The molecule has 0 unspecified atom stereocenters. The molecule has 1 saturated carbocycles. The number of rotatable bonds is 3. The first-order valence-corrected chi connectivity index (χ1v) is 6.29. The van der Waals surface area contributed by atoms with Gasteiger partial charge in [-0.15, -0.1) is 0 Å². The van der Waals surface area contributed by atoms with Gasteiger partial charge in [-0.05, 0) is 12.8 Å². The molecule has 0 saturated heterocycles. The van der Waals surface area contributed by atoms with Crippen molar-refractivity contribution in [3.8, 4) is 0 Å². The Bertz CT molecular complexity index is 346. The first-order valence-electron chi connectivity index (χ1n) is 6.29. The van der Waals surface area contributed by atoms with Crippen LogP contribution in [0.25, 0.3) is 0 Å². The summed E-state index contributed by atoms with van der Waals surface area (Å²) in [5.74, 6) is -1.43. The molecular weight excluding hydrogens is 250 g/mol. The molecule has 0 bridgehead atoms. The molecule has 1 rings (SSSR count). The van der Waals surface area contributed by atoms with Crippen molar-refractivity contribution in [2.24, 2.45) is 5.92 Å². The van der Waals surface area contributed by atoms with Crippen LogP contribution in [0, 0.1) is 5.92 Å². The summed E-state index contributed by atoms with van der Waals surface area (Å²) >= 11 is 0. The number of carboxylic acid groups (broad SMARTS) is 1. The first-order chi connectivity index (χ1) is 8.81. The molecule has 0 atom stereocenters. The lowest BCUT2D eigenvalue weighted by molar-refractivity contribution is -0.142. The van der Waals surface area contributed by atoms with Crippen LogP contribution in [0.3, 0.4) is 0 Å². The predicted molar refractivity (Wildman–Crippen MR) is 69.0 cm³/mol. The van der Waals surface area contributed by atoms with E-state index in [1.165, 1.54) is 14.1 Å². The van der Waals surface area contributed by atoms with E-state index in [4.69, 9.17) is 5.11 Å². The Morgan fingerprint density at radius 1 is 1.21 bits per heavy atom. The normalized spacial score (nSPS) is 15.5. The van der Waals surface area contributed by atoms with Crippen LogP contribution in [0.4, 0.5) is 4.79 Å². The Balaban J connectivity index is 0.000000459.